The number of nitrogens with zero attached hydrogens (tertiary/aromatic N) is 1. The molecule has 1 aromatic heterocycles. The van der Waals surface area contributed by atoms with Crippen LogP contribution < -0.4 is 10.6 Å². The van der Waals surface area contributed by atoms with Gasteiger partial charge in [0.25, 0.3) is 0 Å². The van der Waals surface area contributed by atoms with E-state index in [1.54, 1.807) is 12.3 Å². The summed E-state index contributed by atoms with van der Waals surface area (Å²) in [7, 11) is 0. The van der Waals surface area contributed by atoms with E-state index in [2.05, 4.69) is 15.6 Å². The summed E-state index contributed by atoms with van der Waals surface area (Å²) in [6, 6.07) is 10.0. The van der Waals surface area contributed by atoms with Gasteiger partial charge in [0.1, 0.15) is 0 Å². The number of hydrogen-bond donors (Lipinski definition) is 2. The molecule has 3 rings (SSSR count). The van der Waals surface area contributed by atoms with E-state index in [0.29, 0.717) is 16.1 Å². The van der Waals surface area contributed by atoms with Crippen LogP contribution in [0, 0.1) is 0 Å². The van der Waals surface area contributed by atoms with Gasteiger partial charge in [-0.2, -0.15) is 0 Å². The number of rotatable bonds is 3. The molecule has 104 valence electrons. The number of anilines is 1. The second-order valence-corrected chi connectivity index (χ2v) is 5.68. The second-order valence-electron chi connectivity index (χ2n) is 4.86. The Hall–Kier alpha value is -1.29. The lowest BCUT2D eigenvalue weighted by molar-refractivity contribution is 0.793. The summed E-state index contributed by atoms with van der Waals surface area (Å²) in [5, 5.41) is 7.99. The fourth-order valence-electron chi connectivity index (χ4n) is 2.39. The Morgan fingerprint density at radius 3 is 2.85 bits per heavy atom. The molecule has 3 nitrogen and oxygen atoms in total. The van der Waals surface area contributed by atoms with Crippen LogP contribution in [-0.2, 0) is 0 Å². The van der Waals surface area contributed by atoms with Gasteiger partial charge in [-0.05, 0) is 37.2 Å². The predicted molar refractivity (Wildman–Crippen MR) is 84.6 cm³/mol. The predicted octanol–water partition coefficient (Wildman–Crippen LogP) is 3.83. The molecule has 20 heavy (non-hydrogen) atoms. The lowest BCUT2D eigenvalue weighted by atomic mass is 10.1. The molecule has 0 bridgehead atoms. The fourth-order valence-corrected chi connectivity index (χ4v) is 2.69. The maximum Gasteiger partial charge on any atom is 0.0933 e. The van der Waals surface area contributed by atoms with Crippen LogP contribution in [0.3, 0.4) is 0 Å². The molecule has 2 heterocycles. The molecular weight excluding hydrogens is 293 g/mol. The molecule has 0 spiro atoms. The first-order chi connectivity index (χ1) is 9.74. The number of nitrogens with one attached hydrogen (secondary N) is 2. The molecule has 0 amide bonds. The van der Waals surface area contributed by atoms with Gasteiger partial charge >= 0.3 is 0 Å². The van der Waals surface area contributed by atoms with Crippen LogP contribution in [0.4, 0.5) is 5.69 Å². The Morgan fingerprint density at radius 1 is 1.20 bits per heavy atom. The average molecular weight is 308 g/mol. The van der Waals surface area contributed by atoms with Crippen molar-refractivity contribution in [2.45, 2.75) is 12.5 Å². The van der Waals surface area contributed by atoms with E-state index in [4.69, 9.17) is 23.2 Å². The largest absolute Gasteiger partial charge is 0.379 e. The van der Waals surface area contributed by atoms with E-state index in [1.165, 1.54) is 0 Å². The van der Waals surface area contributed by atoms with E-state index >= 15 is 0 Å². The summed E-state index contributed by atoms with van der Waals surface area (Å²) < 4.78 is 0. The summed E-state index contributed by atoms with van der Waals surface area (Å²) in [5.74, 6) is 0. The van der Waals surface area contributed by atoms with Crippen LogP contribution in [0.2, 0.25) is 10.0 Å². The molecule has 2 aromatic rings. The first-order valence-corrected chi connectivity index (χ1v) is 7.37. The summed E-state index contributed by atoms with van der Waals surface area (Å²) in [4.78, 5) is 4.48. The highest BCUT2D eigenvalue weighted by Gasteiger charge is 2.16. The molecule has 1 aliphatic heterocycles. The molecule has 1 atom stereocenters. The van der Waals surface area contributed by atoms with Gasteiger partial charge in [-0.3, -0.25) is 4.98 Å². The molecule has 0 aliphatic carbocycles. The van der Waals surface area contributed by atoms with Gasteiger partial charge in [0, 0.05) is 24.3 Å². The maximum atomic E-state index is 6.10. The number of pyridine rings is 1. The summed E-state index contributed by atoms with van der Waals surface area (Å²) >= 11 is 12.1. The molecular formula is C15H15Cl2N3. The van der Waals surface area contributed by atoms with E-state index in [9.17, 15) is 0 Å². The Kier molecular flexibility index (Phi) is 4.10. The second kappa shape index (κ2) is 6.00. The summed E-state index contributed by atoms with van der Waals surface area (Å²) in [6.45, 7) is 2.04. The third kappa shape index (κ3) is 2.90. The first kappa shape index (κ1) is 13.7. The Balaban J connectivity index is 1.93. The fraction of sp³-hybridized carbons (Fsp3) is 0.267. The van der Waals surface area contributed by atoms with Crippen molar-refractivity contribution in [2.75, 3.05) is 18.4 Å². The quantitative estimate of drug-likeness (QED) is 0.905. The van der Waals surface area contributed by atoms with Crippen molar-refractivity contribution in [1.29, 1.82) is 0 Å². The molecule has 0 saturated carbocycles. The van der Waals surface area contributed by atoms with Crippen molar-refractivity contribution in [3.05, 3.63) is 46.6 Å². The molecule has 1 saturated heterocycles. The van der Waals surface area contributed by atoms with Gasteiger partial charge in [0.15, 0.2) is 0 Å². The Morgan fingerprint density at radius 2 is 2.10 bits per heavy atom. The molecule has 1 fully saturated rings. The molecule has 2 N–H and O–H groups in total. The van der Waals surface area contributed by atoms with Crippen molar-refractivity contribution in [3.8, 4) is 11.3 Å². The van der Waals surface area contributed by atoms with E-state index < -0.39 is 0 Å². The minimum atomic E-state index is 0.445. The van der Waals surface area contributed by atoms with Gasteiger partial charge < -0.3 is 10.6 Å². The van der Waals surface area contributed by atoms with E-state index in [0.717, 1.165) is 36.5 Å². The van der Waals surface area contributed by atoms with Crippen LogP contribution in [0.1, 0.15) is 6.42 Å². The summed E-state index contributed by atoms with van der Waals surface area (Å²) in [5.41, 5.74) is 2.89. The maximum absolute atomic E-state index is 6.10. The van der Waals surface area contributed by atoms with Crippen molar-refractivity contribution in [1.82, 2.24) is 10.3 Å². The number of benzene rings is 1. The van der Waals surface area contributed by atoms with Crippen molar-refractivity contribution < 1.29 is 0 Å². The van der Waals surface area contributed by atoms with Gasteiger partial charge in [-0.1, -0.05) is 29.3 Å². The van der Waals surface area contributed by atoms with Crippen LogP contribution in [0.15, 0.2) is 36.5 Å². The zero-order valence-electron chi connectivity index (χ0n) is 10.9. The highest BCUT2D eigenvalue weighted by molar-refractivity contribution is 6.42. The third-order valence-corrected chi connectivity index (χ3v) is 4.16. The normalized spacial score (nSPS) is 18.2. The minimum Gasteiger partial charge on any atom is -0.379 e. The lowest BCUT2D eigenvalue weighted by Gasteiger charge is -2.16. The molecule has 1 aromatic carbocycles. The third-order valence-electron chi connectivity index (χ3n) is 3.42. The first-order valence-electron chi connectivity index (χ1n) is 6.62. The van der Waals surface area contributed by atoms with Crippen molar-refractivity contribution in [2.24, 2.45) is 0 Å². The van der Waals surface area contributed by atoms with Gasteiger partial charge in [-0.15, -0.1) is 0 Å². The number of aromatic nitrogens is 1. The number of halogens is 2. The zero-order valence-corrected chi connectivity index (χ0v) is 12.4. The SMILES string of the molecule is Clc1ccc(-c2ncccc2NC2CCNC2)cc1Cl. The van der Waals surface area contributed by atoms with Gasteiger partial charge in [0.2, 0.25) is 0 Å². The lowest BCUT2D eigenvalue weighted by Crippen LogP contribution is -2.22. The van der Waals surface area contributed by atoms with Crippen LogP contribution in [0.25, 0.3) is 11.3 Å². The van der Waals surface area contributed by atoms with Crippen LogP contribution >= 0.6 is 23.2 Å². The Labute approximate surface area is 128 Å². The molecule has 0 radical (unpaired) electrons. The highest BCUT2D eigenvalue weighted by atomic mass is 35.5. The zero-order chi connectivity index (χ0) is 13.9. The van der Waals surface area contributed by atoms with Crippen molar-refractivity contribution in [3.63, 3.8) is 0 Å². The van der Waals surface area contributed by atoms with Crippen LogP contribution in [-0.4, -0.2) is 24.1 Å². The molecule has 1 unspecified atom stereocenters. The molecule has 1 aliphatic rings. The monoisotopic (exact) mass is 307 g/mol. The van der Waals surface area contributed by atoms with E-state index in [1.807, 2.05) is 24.3 Å². The number of hydrogen-bond acceptors (Lipinski definition) is 3. The van der Waals surface area contributed by atoms with Crippen LogP contribution in [0.5, 0.6) is 0 Å². The summed E-state index contributed by atoms with van der Waals surface area (Å²) in [6.07, 6.45) is 2.91. The van der Waals surface area contributed by atoms with Crippen molar-refractivity contribution >= 4 is 28.9 Å². The Bertz CT molecular complexity index is 610. The standard InChI is InChI=1S/C15H15Cl2N3/c16-12-4-3-10(8-13(12)17)15-14(2-1-6-19-15)20-11-5-7-18-9-11/h1-4,6,8,11,18,20H,5,7,9H2. The van der Waals surface area contributed by atoms with E-state index in [-0.39, 0.29) is 0 Å². The highest BCUT2D eigenvalue weighted by Crippen LogP contribution is 2.31. The van der Waals surface area contributed by atoms with Gasteiger partial charge in [-0.25, -0.2) is 0 Å². The smallest absolute Gasteiger partial charge is 0.0933 e. The van der Waals surface area contributed by atoms with Gasteiger partial charge in [0.05, 0.1) is 21.4 Å². The molecule has 5 heteroatoms. The minimum absolute atomic E-state index is 0.445. The topological polar surface area (TPSA) is 37.0 Å². The average Bonchev–Trinajstić information content (AvgIpc) is 2.96.